The van der Waals surface area contributed by atoms with Gasteiger partial charge in [0.05, 0.1) is 11.9 Å². The molecule has 2 atom stereocenters. The second-order valence-electron chi connectivity index (χ2n) is 8.65. The number of rotatable bonds is 10. The highest BCUT2D eigenvalue weighted by Crippen LogP contribution is 2.27. The molecule has 0 saturated carbocycles. The van der Waals surface area contributed by atoms with Crippen molar-refractivity contribution in [1.29, 1.82) is 0 Å². The Balaban J connectivity index is 2.43. The Morgan fingerprint density at radius 1 is 1.03 bits per heavy atom. The molecule has 0 aromatic heterocycles. The SMILES string of the molecule is CCC(C)NC(=O)C(C)N(Cc1ccc(Cl)cc1)C(=O)CN(c1c(C)cccc1C)S(C)(=O)=O. The highest BCUT2D eigenvalue weighted by molar-refractivity contribution is 7.92. The quantitative estimate of drug-likeness (QED) is 0.525. The predicted molar refractivity (Wildman–Crippen MR) is 137 cm³/mol. The molecule has 0 spiro atoms. The van der Waals surface area contributed by atoms with Crippen LogP contribution in [0.5, 0.6) is 0 Å². The Morgan fingerprint density at radius 3 is 2.09 bits per heavy atom. The van der Waals surface area contributed by atoms with Crippen molar-refractivity contribution in [3.05, 3.63) is 64.2 Å². The Bertz CT molecular complexity index is 1100. The molecule has 2 unspecified atom stereocenters. The number of hydrogen-bond acceptors (Lipinski definition) is 4. The monoisotopic (exact) mass is 507 g/mol. The molecule has 2 amide bonds. The molecule has 7 nitrogen and oxygen atoms in total. The van der Waals surface area contributed by atoms with E-state index in [0.717, 1.165) is 33.7 Å². The van der Waals surface area contributed by atoms with E-state index >= 15 is 0 Å². The molecule has 0 fully saturated rings. The van der Waals surface area contributed by atoms with E-state index in [0.29, 0.717) is 10.7 Å². The number of carbonyl (C=O) groups is 2. The van der Waals surface area contributed by atoms with E-state index in [2.05, 4.69) is 5.32 Å². The number of hydrogen-bond donors (Lipinski definition) is 1. The highest BCUT2D eigenvalue weighted by Gasteiger charge is 2.31. The van der Waals surface area contributed by atoms with Gasteiger partial charge < -0.3 is 10.2 Å². The minimum Gasteiger partial charge on any atom is -0.352 e. The van der Waals surface area contributed by atoms with E-state index in [1.165, 1.54) is 4.90 Å². The summed E-state index contributed by atoms with van der Waals surface area (Å²) in [6.07, 6.45) is 1.83. The summed E-state index contributed by atoms with van der Waals surface area (Å²) in [6, 6.07) is 11.6. The molecule has 0 heterocycles. The molecule has 186 valence electrons. The van der Waals surface area contributed by atoms with Crippen molar-refractivity contribution in [3.8, 4) is 0 Å². The van der Waals surface area contributed by atoms with E-state index in [4.69, 9.17) is 11.6 Å². The molecule has 2 rings (SSSR count). The van der Waals surface area contributed by atoms with Crippen molar-refractivity contribution in [3.63, 3.8) is 0 Å². The summed E-state index contributed by atoms with van der Waals surface area (Å²) in [4.78, 5) is 27.9. The number of benzene rings is 2. The number of carbonyl (C=O) groups excluding carboxylic acids is 2. The summed E-state index contributed by atoms with van der Waals surface area (Å²) in [5, 5.41) is 3.47. The number of nitrogens with zero attached hydrogens (tertiary/aromatic N) is 2. The summed E-state index contributed by atoms with van der Waals surface area (Å²) >= 11 is 6.00. The second kappa shape index (κ2) is 11.7. The van der Waals surface area contributed by atoms with Gasteiger partial charge in [0.15, 0.2) is 0 Å². The van der Waals surface area contributed by atoms with Crippen LogP contribution >= 0.6 is 11.6 Å². The normalized spacial score (nSPS) is 13.1. The van der Waals surface area contributed by atoms with Gasteiger partial charge in [-0.3, -0.25) is 13.9 Å². The topological polar surface area (TPSA) is 86.8 Å². The third kappa shape index (κ3) is 7.21. The van der Waals surface area contributed by atoms with E-state index < -0.39 is 28.5 Å². The maximum Gasteiger partial charge on any atom is 0.244 e. The number of halogens is 1. The lowest BCUT2D eigenvalue weighted by Gasteiger charge is -2.32. The fourth-order valence-electron chi connectivity index (χ4n) is 3.61. The van der Waals surface area contributed by atoms with Gasteiger partial charge in [-0.05, 0) is 62.9 Å². The molecule has 0 aliphatic carbocycles. The molecule has 0 aliphatic rings. The minimum absolute atomic E-state index is 0.0513. The third-order valence-corrected chi connectivity index (χ3v) is 7.17. The van der Waals surface area contributed by atoms with Crippen LogP contribution in [0.15, 0.2) is 42.5 Å². The summed E-state index contributed by atoms with van der Waals surface area (Å²) < 4.78 is 26.6. The minimum atomic E-state index is -3.77. The van der Waals surface area contributed by atoms with Crippen LogP contribution in [-0.2, 0) is 26.2 Å². The molecule has 34 heavy (non-hydrogen) atoms. The predicted octanol–water partition coefficient (Wildman–Crippen LogP) is 4.05. The van der Waals surface area contributed by atoms with Crippen LogP contribution in [0, 0.1) is 13.8 Å². The first-order valence-corrected chi connectivity index (χ1v) is 13.5. The molecule has 2 aromatic rings. The van der Waals surface area contributed by atoms with Gasteiger partial charge in [0.2, 0.25) is 21.8 Å². The van der Waals surface area contributed by atoms with Gasteiger partial charge in [0.25, 0.3) is 0 Å². The van der Waals surface area contributed by atoms with E-state index in [9.17, 15) is 18.0 Å². The van der Waals surface area contributed by atoms with Crippen LogP contribution in [0.2, 0.25) is 5.02 Å². The molecule has 1 N–H and O–H groups in total. The first kappa shape index (κ1) is 27.7. The highest BCUT2D eigenvalue weighted by atomic mass is 35.5. The summed E-state index contributed by atoms with van der Waals surface area (Å²) in [5.41, 5.74) is 2.73. The first-order valence-electron chi connectivity index (χ1n) is 11.2. The molecule has 0 radical (unpaired) electrons. The van der Waals surface area contributed by atoms with Crippen LogP contribution in [0.3, 0.4) is 0 Å². The zero-order valence-electron chi connectivity index (χ0n) is 20.6. The Morgan fingerprint density at radius 2 is 1.59 bits per heavy atom. The largest absolute Gasteiger partial charge is 0.352 e. The number of para-hydroxylation sites is 1. The Labute approximate surface area is 208 Å². The average Bonchev–Trinajstić information content (AvgIpc) is 2.76. The maximum atomic E-state index is 13.6. The number of sulfonamides is 1. The molecule has 0 aliphatic heterocycles. The van der Waals surface area contributed by atoms with E-state index in [1.54, 1.807) is 57.2 Å². The van der Waals surface area contributed by atoms with Crippen LogP contribution in [0.25, 0.3) is 0 Å². The summed E-state index contributed by atoms with van der Waals surface area (Å²) in [7, 11) is -3.77. The Hall–Kier alpha value is -2.58. The van der Waals surface area contributed by atoms with Gasteiger partial charge in [-0.15, -0.1) is 0 Å². The molecule has 0 saturated heterocycles. The number of aryl methyl sites for hydroxylation is 2. The maximum absolute atomic E-state index is 13.6. The molecule has 0 bridgehead atoms. The van der Waals surface area contributed by atoms with Crippen molar-refractivity contribution in [2.45, 2.75) is 59.7 Å². The lowest BCUT2D eigenvalue weighted by atomic mass is 10.1. The van der Waals surface area contributed by atoms with Crippen molar-refractivity contribution in [2.75, 3.05) is 17.1 Å². The smallest absolute Gasteiger partial charge is 0.244 e. The molecular weight excluding hydrogens is 474 g/mol. The van der Waals surface area contributed by atoms with Crippen LogP contribution < -0.4 is 9.62 Å². The Kier molecular flexibility index (Phi) is 9.53. The zero-order valence-corrected chi connectivity index (χ0v) is 22.2. The van der Waals surface area contributed by atoms with Crippen LogP contribution in [0.4, 0.5) is 5.69 Å². The fourth-order valence-corrected chi connectivity index (χ4v) is 4.70. The van der Waals surface area contributed by atoms with E-state index in [1.807, 2.05) is 19.9 Å². The van der Waals surface area contributed by atoms with Gasteiger partial charge in [0, 0.05) is 17.6 Å². The van der Waals surface area contributed by atoms with Gasteiger partial charge in [-0.1, -0.05) is 48.9 Å². The third-order valence-electron chi connectivity index (χ3n) is 5.80. The first-order chi connectivity index (χ1) is 15.8. The van der Waals surface area contributed by atoms with Crippen molar-refractivity contribution in [1.82, 2.24) is 10.2 Å². The van der Waals surface area contributed by atoms with Gasteiger partial charge >= 0.3 is 0 Å². The van der Waals surface area contributed by atoms with Gasteiger partial charge in [-0.25, -0.2) is 8.42 Å². The van der Waals surface area contributed by atoms with E-state index in [-0.39, 0.29) is 18.5 Å². The standard InChI is InChI=1S/C25H34ClN3O4S/c1-7-19(4)27-25(31)20(5)28(15-21-11-13-22(26)14-12-21)23(30)16-29(34(6,32)33)24-17(2)9-8-10-18(24)3/h8-14,19-20H,7,15-16H2,1-6H3,(H,27,31). The van der Waals surface area contributed by atoms with Crippen molar-refractivity contribution >= 4 is 39.1 Å². The average molecular weight is 508 g/mol. The lowest BCUT2D eigenvalue weighted by molar-refractivity contribution is -0.139. The number of anilines is 1. The number of nitrogens with one attached hydrogen (secondary N) is 1. The second-order valence-corrected chi connectivity index (χ2v) is 11.0. The van der Waals surface area contributed by atoms with Gasteiger partial charge in [-0.2, -0.15) is 0 Å². The van der Waals surface area contributed by atoms with Crippen molar-refractivity contribution in [2.24, 2.45) is 0 Å². The molecule has 2 aromatic carbocycles. The van der Waals surface area contributed by atoms with Crippen LogP contribution in [-0.4, -0.2) is 50.0 Å². The summed E-state index contributed by atoms with van der Waals surface area (Å²) in [5.74, 6) is -0.774. The summed E-state index contributed by atoms with van der Waals surface area (Å²) in [6.45, 7) is 8.82. The van der Waals surface area contributed by atoms with Crippen molar-refractivity contribution < 1.29 is 18.0 Å². The van der Waals surface area contributed by atoms with Crippen LogP contribution in [0.1, 0.15) is 43.9 Å². The molecule has 9 heteroatoms. The van der Waals surface area contributed by atoms with Gasteiger partial charge in [0.1, 0.15) is 12.6 Å². The fraction of sp³-hybridized carbons (Fsp3) is 0.440. The zero-order chi connectivity index (χ0) is 25.6. The molecular formula is C25H34ClN3O4S. The number of amides is 2. The lowest BCUT2D eigenvalue weighted by Crippen LogP contribution is -2.52.